The van der Waals surface area contributed by atoms with E-state index in [2.05, 4.69) is 84.9 Å². The zero-order chi connectivity index (χ0) is 34.0. The van der Waals surface area contributed by atoms with Gasteiger partial charge in [-0.3, -0.25) is 0 Å². The van der Waals surface area contributed by atoms with E-state index in [0.717, 1.165) is 66.7 Å². The molecule has 5 nitrogen and oxygen atoms in total. The maximum atomic E-state index is 6.50. The summed E-state index contributed by atoms with van der Waals surface area (Å²) in [4.78, 5) is 19.9. The smallest absolute Gasteiger partial charge is 0.227 e. The molecule has 0 N–H and O–H groups in total. The van der Waals surface area contributed by atoms with E-state index in [-0.39, 0.29) is 0 Å². The molecule has 0 unspecified atom stereocenters. The second-order valence-corrected chi connectivity index (χ2v) is 12.3. The van der Waals surface area contributed by atoms with E-state index >= 15 is 0 Å². The van der Waals surface area contributed by atoms with Gasteiger partial charge in [0, 0.05) is 27.8 Å². The topological polar surface area (TPSA) is 64.7 Å². The minimum Gasteiger partial charge on any atom is -0.436 e. The number of oxazole rings is 1. The second kappa shape index (κ2) is 13.1. The number of rotatable bonds is 7. The van der Waals surface area contributed by atoms with Gasteiger partial charge in [-0.2, -0.15) is 0 Å². The minimum absolute atomic E-state index is 0.570. The lowest BCUT2D eigenvalue weighted by Gasteiger charge is -2.10. The predicted molar refractivity (Wildman–Crippen MR) is 205 cm³/mol. The third-order valence-electron chi connectivity index (χ3n) is 8.94. The molecule has 0 saturated carbocycles. The van der Waals surface area contributed by atoms with Crippen LogP contribution in [0.5, 0.6) is 0 Å². The number of nitrogens with zero attached hydrogens (tertiary/aromatic N) is 4. The van der Waals surface area contributed by atoms with Crippen molar-refractivity contribution < 1.29 is 4.42 Å². The number of hydrogen-bond donors (Lipinski definition) is 0. The van der Waals surface area contributed by atoms with E-state index in [0.29, 0.717) is 23.4 Å². The van der Waals surface area contributed by atoms with Gasteiger partial charge in [-0.25, -0.2) is 19.9 Å². The molecule has 0 bridgehead atoms. The first-order valence-electron chi connectivity index (χ1n) is 16.9. The summed E-state index contributed by atoms with van der Waals surface area (Å²) in [6, 6.07) is 61.8. The summed E-state index contributed by atoms with van der Waals surface area (Å²) in [7, 11) is 0. The third kappa shape index (κ3) is 6.09. The molecule has 0 atom stereocenters. The van der Waals surface area contributed by atoms with Gasteiger partial charge >= 0.3 is 0 Å². The van der Waals surface area contributed by atoms with Crippen molar-refractivity contribution in [2.24, 2.45) is 0 Å². The van der Waals surface area contributed by atoms with Gasteiger partial charge < -0.3 is 4.42 Å². The second-order valence-electron chi connectivity index (χ2n) is 12.3. The number of hydrogen-bond acceptors (Lipinski definition) is 5. The molecular formula is C46H30N4O. The normalized spacial score (nSPS) is 11.1. The summed E-state index contributed by atoms with van der Waals surface area (Å²) in [5.74, 6) is 2.42. The zero-order valence-electron chi connectivity index (χ0n) is 27.5. The fourth-order valence-electron chi connectivity index (χ4n) is 6.41. The van der Waals surface area contributed by atoms with E-state index in [1.165, 1.54) is 0 Å². The Morgan fingerprint density at radius 3 is 1.25 bits per heavy atom. The van der Waals surface area contributed by atoms with Crippen molar-refractivity contribution >= 4 is 11.1 Å². The molecule has 240 valence electrons. The van der Waals surface area contributed by atoms with Crippen molar-refractivity contribution in [2.45, 2.75) is 0 Å². The summed E-state index contributed by atoms with van der Waals surface area (Å²) in [6.07, 6.45) is 0. The first kappa shape index (κ1) is 30.1. The van der Waals surface area contributed by atoms with Gasteiger partial charge in [0.05, 0.1) is 0 Å². The molecule has 0 fully saturated rings. The number of benzene rings is 7. The van der Waals surface area contributed by atoms with E-state index in [9.17, 15) is 0 Å². The highest BCUT2D eigenvalue weighted by atomic mass is 16.3. The Labute approximate surface area is 295 Å². The van der Waals surface area contributed by atoms with Crippen LogP contribution in [0.1, 0.15) is 0 Å². The molecule has 2 heterocycles. The zero-order valence-corrected chi connectivity index (χ0v) is 27.5. The average molecular weight is 655 g/mol. The monoisotopic (exact) mass is 654 g/mol. The van der Waals surface area contributed by atoms with Crippen LogP contribution in [0.25, 0.3) is 90.1 Å². The summed E-state index contributed by atoms with van der Waals surface area (Å²) < 4.78 is 6.50. The van der Waals surface area contributed by atoms with Crippen molar-refractivity contribution in [1.82, 2.24) is 19.9 Å². The Hall–Kier alpha value is -6.98. The van der Waals surface area contributed by atoms with Crippen LogP contribution >= 0.6 is 0 Å². The Kier molecular flexibility index (Phi) is 7.76. The van der Waals surface area contributed by atoms with Crippen LogP contribution in [0.3, 0.4) is 0 Å². The van der Waals surface area contributed by atoms with Crippen LogP contribution in [-0.4, -0.2) is 19.9 Å². The molecule has 5 heteroatoms. The van der Waals surface area contributed by atoms with E-state index in [1.807, 2.05) is 97.1 Å². The van der Waals surface area contributed by atoms with Gasteiger partial charge in [0.25, 0.3) is 0 Å². The number of fused-ring (bicyclic) bond motifs is 1. The largest absolute Gasteiger partial charge is 0.436 e. The number of para-hydroxylation sites is 1. The molecule has 0 saturated heterocycles. The van der Waals surface area contributed by atoms with Crippen LogP contribution in [0.15, 0.2) is 186 Å². The fraction of sp³-hybridized carbons (Fsp3) is 0. The molecule has 2 aromatic heterocycles. The van der Waals surface area contributed by atoms with Crippen molar-refractivity contribution in [3.63, 3.8) is 0 Å². The SMILES string of the molecule is c1ccc(-c2cc(-c3ccccc3)cc(-c3nc4c(-c5cccc(-c6nc(-c7ccccc7)nc(-c7ccccc7)n6)c5)cccc4o3)c2)cc1. The highest BCUT2D eigenvalue weighted by Gasteiger charge is 2.17. The molecule has 0 aliphatic carbocycles. The highest BCUT2D eigenvalue weighted by Crippen LogP contribution is 2.37. The Morgan fingerprint density at radius 2 is 0.706 bits per heavy atom. The van der Waals surface area contributed by atoms with Crippen LogP contribution < -0.4 is 0 Å². The van der Waals surface area contributed by atoms with Crippen LogP contribution in [0, 0.1) is 0 Å². The standard InChI is InChI=1S/C46H30N4O/c1-5-15-31(16-6-1)37-28-38(32-17-7-2-8-18-32)30-39(29-37)46-47-42-40(25-14-26-41(42)51-46)35-23-13-24-36(27-35)45-49-43(33-19-9-3-10-20-33)48-44(50-45)34-21-11-4-12-22-34/h1-30H. The number of aromatic nitrogens is 4. The van der Waals surface area contributed by atoms with E-state index in [4.69, 9.17) is 24.4 Å². The van der Waals surface area contributed by atoms with Crippen molar-refractivity contribution in [3.05, 3.63) is 182 Å². The molecule has 9 rings (SSSR count). The van der Waals surface area contributed by atoms with E-state index < -0.39 is 0 Å². The van der Waals surface area contributed by atoms with Crippen molar-refractivity contribution in [3.8, 4) is 79.0 Å². The summed E-state index contributed by atoms with van der Waals surface area (Å²) in [5, 5.41) is 0. The molecular weight excluding hydrogens is 625 g/mol. The fourth-order valence-corrected chi connectivity index (χ4v) is 6.41. The average Bonchev–Trinajstić information content (AvgIpc) is 3.67. The molecule has 0 aliphatic heterocycles. The van der Waals surface area contributed by atoms with E-state index in [1.54, 1.807) is 0 Å². The lowest BCUT2D eigenvalue weighted by Crippen LogP contribution is -2.00. The first-order valence-corrected chi connectivity index (χ1v) is 16.9. The van der Waals surface area contributed by atoms with Crippen LogP contribution in [-0.2, 0) is 0 Å². The van der Waals surface area contributed by atoms with Gasteiger partial charge in [-0.05, 0) is 58.1 Å². The molecule has 0 amide bonds. The van der Waals surface area contributed by atoms with Gasteiger partial charge in [-0.1, -0.05) is 152 Å². The maximum absolute atomic E-state index is 6.50. The Bertz CT molecular complexity index is 2500. The van der Waals surface area contributed by atoms with Crippen LogP contribution in [0.4, 0.5) is 0 Å². The summed E-state index contributed by atoms with van der Waals surface area (Å²) >= 11 is 0. The maximum Gasteiger partial charge on any atom is 0.227 e. The van der Waals surface area contributed by atoms with Crippen LogP contribution in [0.2, 0.25) is 0 Å². The lowest BCUT2D eigenvalue weighted by atomic mass is 9.96. The van der Waals surface area contributed by atoms with Crippen molar-refractivity contribution in [1.29, 1.82) is 0 Å². The van der Waals surface area contributed by atoms with Crippen molar-refractivity contribution in [2.75, 3.05) is 0 Å². The van der Waals surface area contributed by atoms with Gasteiger partial charge in [-0.15, -0.1) is 0 Å². The molecule has 0 spiro atoms. The molecule has 7 aromatic carbocycles. The summed E-state index contributed by atoms with van der Waals surface area (Å²) in [6.45, 7) is 0. The quantitative estimate of drug-likeness (QED) is 0.171. The predicted octanol–water partition coefficient (Wildman–Crippen LogP) is 11.7. The third-order valence-corrected chi connectivity index (χ3v) is 8.94. The Balaban J connectivity index is 1.15. The molecule has 0 aliphatic rings. The molecule has 51 heavy (non-hydrogen) atoms. The highest BCUT2D eigenvalue weighted by molar-refractivity contribution is 5.93. The van der Waals surface area contributed by atoms with Gasteiger partial charge in [0.15, 0.2) is 23.1 Å². The Morgan fingerprint density at radius 1 is 0.294 bits per heavy atom. The van der Waals surface area contributed by atoms with Gasteiger partial charge in [0.2, 0.25) is 5.89 Å². The first-order chi connectivity index (χ1) is 25.2. The summed E-state index contributed by atoms with van der Waals surface area (Å²) in [5.41, 5.74) is 11.6. The molecule has 0 radical (unpaired) electrons. The minimum atomic E-state index is 0.570. The van der Waals surface area contributed by atoms with Gasteiger partial charge in [0.1, 0.15) is 5.52 Å². The lowest BCUT2D eigenvalue weighted by molar-refractivity contribution is 0.620. The molecule has 9 aromatic rings.